The molecule has 0 spiro atoms. The first-order valence-electron chi connectivity index (χ1n) is 10.0. The minimum atomic E-state index is -0.302. The summed E-state index contributed by atoms with van der Waals surface area (Å²) in [4.78, 5) is 30.1. The molecule has 7 nitrogen and oxygen atoms in total. The van der Waals surface area contributed by atoms with Gasteiger partial charge < -0.3 is 15.3 Å². The van der Waals surface area contributed by atoms with E-state index in [1.165, 1.54) is 16.3 Å². The van der Waals surface area contributed by atoms with Crippen LogP contribution < -0.4 is 11.0 Å². The van der Waals surface area contributed by atoms with Gasteiger partial charge in [-0.2, -0.15) is 0 Å². The predicted octanol–water partition coefficient (Wildman–Crippen LogP) is 3.41. The van der Waals surface area contributed by atoms with Crippen molar-refractivity contribution in [2.75, 3.05) is 18.4 Å². The highest BCUT2D eigenvalue weighted by molar-refractivity contribution is 5.89. The number of aromatic nitrogens is 2. The maximum absolute atomic E-state index is 12.7. The Bertz CT molecular complexity index is 1070. The third-order valence-electron chi connectivity index (χ3n) is 5.46. The van der Waals surface area contributed by atoms with Gasteiger partial charge >= 0.3 is 11.7 Å². The molecule has 30 heavy (non-hydrogen) atoms. The number of nitrogens with zero attached hydrogens (tertiary/aromatic N) is 3. The molecule has 0 saturated carbocycles. The van der Waals surface area contributed by atoms with Crippen molar-refractivity contribution in [3.8, 4) is 5.75 Å². The van der Waals surface area contributed by atoms with Crippen molar-refractivity contribution in [1.82, 2.24) is 14.5 Å². The molecule has 2 amide bonds. The SMILES string of the molecule is O=C(Nc1cccc(Cn2cccnc2=O)c1)N1CCC(c2ccc(O)cc2)CC1. The number of hydrogen-bond acceptors (Lipinski definition) is 4. The Morgan fingerprint density at radius 2 is 1.87 bits per heavy atom. The van der Waals surface area contributed by atoms with E-state index in [1.54, 1.807) is 24.4 Å². The van der Waals surface area contributed by atoms with E-state index in [1.807, 2.05) is 41.3 Å². The standard InChI is InChI=1S/C23H24N4O3/c28-21-7-5-18(6-8-21)19-9-13-26(14-10-19)23(30)25-20-4-1-3-17(15-20)16-27-12-2-11-24-22(27)29/h1-8,11-12,15,19,28H,9-10,13-14,16H2,(H,25,30). The van der Waals surface area contributed by atoms with Gasteiger partial charge in [0.1, 0.15) is 5.75 Å². The van der Waals surface area contributed by atoms with Crippen LogP contribution >= 0.6 is 0 Å². The van der Waals surface area contributed by atoms with Gasteiger partial charge in [-0.3, -0.25) is 4.57 Å². The molecule has 1 aromatic heterocycles. The Morgan fingerprint density at radius 3 is 2.60 bits per heavy atom. The number of urea groups is 1. The lowest BCUT2D eigenvalue weighted by atomic mass is 9.89. The minimum absolute atomic E-state index is 0.116. The lowest BCUT2D eigenvalue weighted by Crippen LogP contribution is -2.40. The van der Waals surface area contributed by atoms with Crippen LogP contribution in [0, 0.1) is 0 Å². The van der Waals surface area contributed by atoms with Gasteiger partial charge in [-0.1, -0.05) is 24.3 Å². The first kappa shape index (κ1) is 19.7. The van der Waals surface area contributed by atoms with Gasteiger partial charge in [0.2, 0.25) is 0 Å². The molecule has 1 fully saturated rings. The second-order valence-corrected chi connectivity index (χ2v) is 7.51. The molecular weight excluding hydrogens is 380 g/mol. The summed E-state index contributed by atoms with van der Waals surface area (Å²) in [5.41, 5.74) is 2.51. The molecule has 0 unspecified atom stereocenters. The quantitative estimate of drug-likeness (QED) is 0.698. The number of hydrogen-bond donors (Lipinski definition) is 2. The molecule has 0 bridgehead atoms. The van der Waals surface area contributed by atoms with E-state index in [0.717, 1.165) is 18.4 Å². The lowest BCUT2D eigenvalue weighted by Gasteiger charge is -2.32. The smallest absolute Gasteiger partial charge is 0.347 e. The number of nitrogens with one attached hydrogen (secondary N) is 1. The number of rotatable bonds is 4. The number of piperidine rings is 1. The number of amides is 2. The van der Waals surface area contributed by atoms with E-state index < -0.39 is 0 Å². The largest absolute Gasteiger partial charge is 0.508 e. The first-order chi connectivity index (χ1) is 14.6. The number of likely N-dealkylation sites (tertiary alicyclic amines) is 1. The molecule has 2 aromatic carbocycles. The van der Waals surface area contributed by atoms with Crippen molar-refractivity contribution in [3.63, 3.8) is 0 Å². The van der Waals surface area contributed by atoms with E-state index in [9.17, 15) is 14.7 Å². The summed E-state index contributed by atoms with van der Waals surface area (Å²) in [7, 11) is 0. The van der Waals surface area contributed by atoms with Gasteiger partial charge in [-0.05, 0) is 60.2 Å². The molecular formula is C23H24N4O3. The molecule has 2 N–H and O–H groups in total. The second-order valence-electron chi connectivity index (χ2n) is 7.51. The minimum Gasteiger partial charge on any atom is -0.508 e. The van der Waals surface area contributed by atoms with Crippen LogP contribution in [0.5, 0.6) is 5.75 Å². The maximum atomic E-state index is 12.7. The molecule has 2 heterocycles. The fourth-order valence-corrected chi connectivity index (χ4v) is 3.82. The first-order valence-corrected chi connectivity index (χ1v) is 10.0. The summed E-state index contributed by atoms with van der Waals surface area (Å²) in [6.45, 7) is 1.76. The van der Waals surface area contributed by atoms with Crippen LogP contribution in [0.2, 0.25) is 0 Å². The van der Waals surface area contributed by atoms with Gasteiger partial charge in [0.05, 0.1) is 6.54 Å². The summed E-state index contributed by atoms with van der Waals surface area (Å²) in [5.74, 6) is 0.668. The molecule has 4 rings (SSSR count). The van der Waals surface area contributed by atoms with Gasteiger partial charge in [0.25, 0.3) is 0 Å². The fourth-order valence-electron chi connectivity index (χ4n) is 3.82. The number of carbonyl (C=O) groups is 1. The number of aromatic hydroxyl groups is 1. The molecule has 3 aromatic rings. The van der Waals surface area contributed by atoms with Crippen molar-refractivity contribution in [2.45, 2.75) is 25.3 Å². The summed E-state index contributed by atoms with van der Waals surface area (Å²) >= 11 is 0. The van der Waals surface area contributed by atoms with Crippen LogP contribution in [-0.4, -0.2) is 38.7 Å². The third-order valence-corrected chi connectivity index (χ3v) is 5.46. The normalized spacial score (nSPS) is 14.5. The van der Waals surface area contributed by atoms with Crippen LogP contribution in [0.4, 0.5) is 10.5 Å². The highest BCUT2D eigenvalue weighted by atomic mass is 16.3. The second kappa shape index (κ2) is 8.82. The molecule has 154 valence electrons. The van der Waals surface area contributed by atoms with Crippen LogP contribution in [0.25, 0.3) is 0 Å². The van der Waals surface area contributed by atoms with Crippen LogP contribution in [0.3, 0.4) is 0 Å². The Labute approximate surface area is 174 Å². The van der Waals surface area contributed by atoms with E-state index in [2.05, 4.69) is 10.3 Å². The number of phenols is 1. The fraction of sp³-hybridized carbons (Fsp3) is 0.261. The van der Waals surface area contributed by atoms with E-state index in [0.29, 0.717) is 31.2 Å². The zero-order valence-electron chi connectivity index (χ0n) is 16.6. The zero-order chi connectivity index (χ0) is 20.9. The number of benzene rings is 2. The Kier molecular flexibility index (Phi) is 5.79. The molecule has 0 aliphatic carbocycles. The topological polar surface area (TPSA) is 87.5 Å². The maximum Gasteiger partial charge on any atom is 0.347 e. The van der Waals surface area contributed by atoms with Crippen LogP contribution in [-0.2, 0) is 6.54 Å². The van der Waals surface area contributed by atoms with E-state index in [4.69, 9.17) is 0 Å². The van der Waals surface area contributed by atoms with Gasteiger partial charge in [0, 0.05) is 31.2 Å². The van der Waals surface area contributed by atoms with Crippen molar-refractivity contribution >= 4 is 11.7 Å². The number of phenolic OH excluding ortho intramolecular Hbond substituents is 1. The monoisotopic (exact) mass is 404 g/mol. The van der Waals surface area contributed by atoms with Crippen molar-refractivity contribution < 1.29 is 9.90 Å². The highest BCUT2D eigenvalue weighted by Crippen LogP contribution is 2.29. The van der Waals surface area contributed by atoms with Crippen LogP contribution in [0.1, 0.15) is 29.9 Å². The Balaban J connectivity index is 1.35. The van der Waals surface area contributed by atoms with Gasteiger partial charge in [0.15, 0.2) is 0 Å². The molecule has 0 radical (unpaired) electrons. The number of anilines is 1. The predicted molar refractivity (Wildman–Crippen MR) is 115 cm³/mol. The highest BCUT2D eigenvalue weighted by Gasteiger charge is 2.24. The summed E-state index contributed by atoms with van der Waals surface area (Å²) < 4.78 is 1.52. The third kappa shape index (κ3) is 4.68. The van der Waals surface area contributed by atoms with Crippen molar-refractivity contribution in [2.24, 2.45) is 0 Å². The van der Waals surface area contributed by atoms with Crippen LogP contribution in [0.15, 0.2) is 71.8 Å². The number of carbonyl (C=O) groups excluding carboxylic acids is 1. The summed E-state index contributed by atoms with van der Waals surface area (Å²) in [5, 5.41) is 12.4. The van der Waals surface area contributed by atoms with E-state index >= 15 is 0 Å². The Morgan fingerprint density at radius 1 is 1.10 bits per heavy atom. The van der Waals surface area contributed by atoms with Crippen molar-refractivity contribution in [1.29, 1.82) is 0 Å². The summed E-state index contributed by atoms with van der Waals surface area (Å²) in [6, 6.07) is 16.4. The average molecular weight is 404 g/mol. The van der Waals surface area contributed by atoms with Crippen molar-refractivity contribution in [3.05, 3.63) is 88.6 Å². The molecule has 1 saturated heterocycles. The lowest BCUT2D eigenvalue weighted by molar-refractivity contribution is 0.194. The molecule has 0 atom stereocenters. The zero-order valence-corrected chi connectivity index (χ0v) is 16.6. The van der Waals surface area contributed by atoms with Gasteiger partial charge in [-0.15, -0.1) is 0 Å². The Hall–Kier alpha value is -3.61. The molecule has 1 aliphatic rings. The molecule has 1 aliphatic heterocycles. The summed E-state index contributed by atoms with van der Waals surface area (Å²) in [6.07, 6.45) is 4.95. The van der Waals surface area contributed by atoms with E-state index in [-0.39, 0.29) is 17.5 Å². The average Bonchev–Trinajstić information content (AvgIpc) is 2.76. The van der Waals surface area contributed by atoms with Gasteiger partial charge in [-0.25, -0.2) is 14.6 Å². The molecule has 7 heteroatoms.